The van der Waals surface area contributed by atoms with Gasteiger partial charge in [0.05, 0.1) is 5.41 Å². The van der Waals surface area contributed by atoms with Crippen LogP contribution in [-0.2, 0) is 4.79 Å². The third kappa shape index (κ3) is 2.31. The van der Waals surface area contributed by atoms with Crippen molar-refractivity contribution in [1.29, 1.82) is 0 Å². The second kappa shape index (κ2) is 4.63. The number of aromatic nitrogens is 1. The van der Waals surface area contributed by atoms with Gasteiger partial charge in [0.25, 0.3) is 0 Å². The van der Waals surface area contributed by atoms with Gasteiger partial charge < -0.3 is 4.90 Å². The van der Waals surface area contributed by atoms with Crippen LogP contribution in [0.25, 0.3) is 0 Å². The largest absolute Gasteiger partial charge is 0.341 e. The molecule has 1 saturated carbocycles. The molecule has 0 aromatic carbocycles. The van der Waals surface area contributed by atoms with E-state index in [4.69, 9.17) is 0 Å². The summed E-state index contributed by atoms with van der Waals surface area (Å²) in [5.74, 6) is 7.50. The number of nitrogens with zero attached hydrogens (tertiary/aromatic N) is 2. The molecule has 0 radical (unpaired) electrons. The maximum absolute atomic E-state index is 12.0. The SMILES string of the molecule is Cc1cccc(C#CC23CC2CN(C(=O)C(C)C)C3)n1. The first-order valence-electron chi connectivity index (χ1n) is 7.26. The van der Waals surface area contributed by atoms with E-state index in [2.05, 4.69) is 16.8 Å². The van der Waals surface area contributed by atoms with Crippen molar-refractivity contribution in [2.45, 2.75) is 27.2 Å². The Kier molecular flexibility index (Phi) is 3.05. The van der Waals surface area contributed by atoms with Crippen molar-refractivity contribution in [3.63, 3.8) is 0 Å². The van der Waals surface area contributed by atoms with Crippen LogP contribution in [-0.4, -0.2) is 28.9 Å². The maximum atomic E-state index is 12.0. The van der Waals surface area contributed by atoms with Gasteiger partial charge in [-0.25, -0.2) is 4.98 Å². The van der Waals surface area contributed by atoms with Crippen LogP contribution in [0, 0.1) is 36.0 Å². The highest BCUT2D eigenvalue weighted by Gasteiger charge is 2.60. The third-order valence-electron chi connectivity index (χ3n) is 4.28. The number of likely N-dealkylation sites (tertiary alicyclic amines) is 1. The van der Waals surface area contributed by atoms with Crippen LogP contribution < -0.4 is 0 Å². The Morgan fingerprint density at radius 2 is 2.30 bits per heavy atom. The predicted octanol–water partition coefficient (Wildman–Crippen LogP) is 2.25. The Balaban J connectivity index is 1.73. The summed E-state index contributed by atoms with van der Waals surface area (Å²) in [7, 11) is 0. The van der Waals surface area contributed by atoms with Gasteiger partial charge >= 0.3 is 0 Å². The van der Waals surface area contributed by atoms with Crippen molar-refractivity contribution in [1.82, 2.24) is 9.88 Å². The van der Waals surface area contributed by atoms with Gasteiger partial charge in [-0.2, -0.15) is 0 Å². The van der Waals surface area contributed by atoms with Crippen LogP contribution in [0.15, 0.2) is 18.2 Å². The minimum absolute atomic E-state index is 0.0516. The number of pyridine rings is 1. The zero-order chi connectivity index (χ0) is 14.3. The van der Waals surface area contributed by atoms with Gasteiger partial charge in [-0.3, -0.25) is 4.79 Å². The molecule has 1 aliphatic heterocycles. The van der Waals surface area contributed by atoms with Crippen molar-refractivity contribution < 1.29 is 4.79 Å². The van der Waals surface area contributed by atoms with Crippen LogP contribution in [0.2, 0.25) is 0 Å². The lowest BCUT2D eigenvalue weighted by molar-refractivity contribution is -0.134. The topological polar surface area (TPSA) is 33.2 Å². The Bertz CT molecular complexity index is 611. The molecule has 104 valence electrons. The summed E-state index contributed by atoms with van der Waals surface area (Å²) in [5, 5.41) is 0. The summed E-state index contributed by atoms with van der Waals surface area (Å²) in [6, 6.07) is 5.90. The van der Waals surface area contributed by atoms with E-state index in [-0.39, 0.29) is 17.2 Å². The summed E-state index contributed by atoms with van der Waals surface area (Å²) in [6.07, 6.45) is 1.13. The summed E-state index contributed by atoms with van der Waals surface area (Å²) in [5.41, 5.74) is 1.87. The van der Waals surface area contributed by atoms with E-state index in [9.17, 15) is 4.79 Å². The molecule has 3 heteroatoms. The van der Waals surface area contributed by atoms with Gasteiger partial charge in [-0.15, -0.1) is 0 Å². The van der Waals surface area contributed by atoms with E-state index in [1.165, 1.54) is 0 Å². The molecule has 2 aliphatic rings. The predicted molar refractivity (Wildman–Crippen MR) is 77.8 cm³/mol. The number of fused-ring (bicyclic) bond motifs is 1. The molecule has 2 unspecified atom stereocenters. The minimum Gasteiger partial charge on any atom is -0.341 e. The normalized spacial score (nSPS) is 27.0. The average Bonchev–Trinajstić information content (AvgIpc) is 2.97. The summed E-state index contributed by atoms with van der Waals surface area (Å²) < 4.78 is 0. The number of hydrogen-bond acceptors (Lipinski definition) is 2. The zero-order valence-corrected chi connectivity index (χ0v) is 12.3. The highest BCUT2D eigenvalue weighted by atomic mass is 16.2. The molecule has 2 heterocycles. The van der Waals surface area contributed by atoms with Gasteiger partial charge in [0.15, 0.2) is 0 Å². The van der Waals surface area contributed by atoms with Crippen LogP contribution >= 0.6 is 0 Å². The minimum atomic E-state index is 0.0516. The smallest absolute Gasteiger partial charge is 0.225 e. The quantitative estimate of drug-likeness (QED) is 0.732. The molecular weight excluding hydrogens is 248 g/mol. The number of rotatable bonds is 1. The molecule has 1 aromatic heterocycles. The van der Waals surface area contributed by atoms with E-state index in [1.807, 2.05) is 43.9 Å². The van der Waals surface area contributed by atoms with Crippen LogP contribution in [0.3, 0.4) is 0 Å². The molecular formula is C17H20N2O. The van der Waals surface area contributed by atoms with Gasteiger partial charge in [0.2, 0.25) is 5.91 Å². The van der Waals surface area contributed by atoms with Gasteiger partial charge in [0, 0.05) is 24.7 Å². The van der Waals surface area contributed by atoms with Crippen LogP contribution in [0.5, 0.6) is 0 Å². The van der Waals surface area contributed by atoms with E-state index < -0.39 is 0 Å². The molecule has 1 amide bonds. The molecule has 2 fully saturated rings. The first-order valence-corrected chi connectivity index (χ1v) is 7.26. The maximum Gasteiger partial charge on any atom is 0.225 e. The Morgan fingerprint density at radius 3 is 3.00 bits per heavy atom. The zero-order valence-electron chi connectivity index (χ0n) is 12.3. The van der Waals surface area contributed by atoms with E-state index in [0.29, 0.717) is 5.92 Å². The van der Waals surface area contributed by atoms with Crippen molar-refractivity contribution in [3.05, 3.63) is 29.6 Å². The van der Waals surface area contributed by atoms with Gasteiger partial charge in [-0.05, 0) is 37.3 Å². The number of piperidine rings is 1. The fraction of sp³-hybridized carbons (Fsp3) is 0.529. The van der Waals surface area contributed by atoms with Gasteiger partial charge in [-0.1, -0.05) is 25.8 Å². The van der Waals surface area contributed by atoms with Gasteiger partial charge in [0.1, 0.15) is 5.69 Å². The standard InChI is InChI=1S/C17H20N2O/c1-12(2)16(20)19-10-14-9-17(14,11-19)8-7-15-6-4-5-13(3)18-15/h4-6,12,14H,9-11H2,1-3H3. The Hall–Kier alpha value is -1.82. The first kappa shape index (κ1) is 13.2. The number of carbonyl (C=O) groups excluding carboxylic acids is 1. The second-order valence-electron chi connectivity index (χ2n) is 6.34. The number of carbonyl (C=O) groups is 1. The lowest BCUT2D eigenvalue weighted by Crippen LogP contribution is -2.34. The highest BCUT2D eigenvalue weighted by Crippen LogP contribution is 2.57. The van der Waals surface area contributed by atoms with E-state index in [1.54, 1.807) is 0 Å². The van der Waals surface area contributed by atoms with Crippen molar-refractivity contribution >= 4 is 5.91 Å². The van der Waals surface area contributed by atoms with Crippen molar-refractivity contribution in [2.24, 2.45) is 17.3 Å². The van der Waals surface area contributed by atoms with Crippen LogP contribution in [0.1, 0.15) is 31.7 Å². The van der Waals surface area contributed by atoms with Crippen molar-refractivity contribution in [3.8, 4) is 11.8 Å². The lowest BCUT2D eigenvalue weighted by atomic mass is 10.1. The average molecular weight is 268 g/mol. The van der Waals surface area contributed by atoms with E-state index >= 15 is 0 Å². The molecule has 2 atom stereocenters. The summed E-state index contributed by atoms with van der Waals surface area (Å²) >= 11 is 0. The van der Waals surface area contributed by atoms with Crippen molar-refractivity contribution in [2.75, 3.05) is 13.1 Å². The molecule has 1 saturated heterocycles. The third-order valence-corrected chi connectivity index (χ3v) is 4.28. The molecule has 0 N–H and O–H groups in total. The monoisotopic (exact) mass is 268 g/mol. The summed E-state index contributed by atoms with van der Waals surface area (Å²) in [4.78, 5) is 18.4. The highest BCUT2D eigenvalue weighted by molar-refractivity contribution is 5.79. The molecule has 1 aliphatic carbocycles. The summed E-state index contributed by atoms with van der Waals surface area (Å²) in [6.45, 7) is 7.57. The fourth-order valence-electron chi connectivity index (χ4n) is 3.01. The lowest BCUT2D eigenvalue weighted by Gasteiger charge is -2.21. The molecule has 3 rings (SSSR count). The first-order chi connectivity index (χ1) is 9.50. The van der Waals surface area contributed by atoms with E-state index in [0.717, 1.165) is 30.9 Å². The fourth-order valence-corrected chi connectivity index (χ4v) is 3.01. The number of amides is 1. The molecule has 0 bridgehead atoms. The Morgan fingerprint density at radius 1 is 1.50 bits per heavy atom. The molecule has 1 aromatic rings. The Labute approximate surface area is 120 Å². The molecule has 0 spiro atoms. The molecule has 20 heavy (non-hydrogen) atoms. The second-order valence-corrected chi connectivity index (χ2v) is 6.34. The molecule has 3 nitrogen and oxygen atoms in total. The van der Waals surface area contributed by atoms with Crippen LogP contribution in [0.4, 0.5) is 0 Å². The number of aryl methyl sites for hydroxylation is 1. The number of hydrogen-bond donors (Lipinski definition) is 0.